The van der Waals surface area contributed by atoms with E-state index >= 15 is 0 Å². The Kier molecular flexibility index (Phi) is 6.21. The topological polar surface area (TPSA) is 88.8 Å². The number of aliphatic hydroxyl groups excluding tert-OH is 1. The van der Waals surface area contributed by atoms with E-state index in [0.29, 0.717) is 30.7 Å². The molecule has 3 rings (SSSR count). The van der Waals surface area contributed by atoms with Gasteiger partial charge in [0.1, 0.15) is 5.56 Å². The molecule has 6 nitrogen and oxygen atoms in total. The van der Waals surface area contributed by atoms with Crippen molar-refractivity contribution < 1.29 is 19.7 Å². The summed E-state index contributed by atoms with van der Waals surface area (Å²) >= 11 is 0. The molecule has 1 atom stereocenters. The molecule has 1 aliphatic rings. The maximum atomic E-state index is 12.4. The van der Waals surface area contributed by atoms with Crippen LogP contribution in [-0.2, 0) is 17.8 Å². The molecule has 0 saturated heterocycles. The van der Waals surface area contributed by atoms with E-state index in [0.717, 1.165) is 16.7 Å². The average molecular weight is 395 g/mol. The second-order valence-corrected chi connectivity index (χ2v) is 7.53. The predicted molar refractivity (Wildman–Crippen MR) is 110 cm³/mol. The summed E-state index contributed by atoms with van der Waals surface area (Å²) in [7, 11) is 1.63. The minimum atomic E-state index is -1.23. The lowest BCUT2D eigenvalue weighted by atomic mass is 9.85. The van der Waals surface area contributed by atoms with Crippen molar-refractivity contribution in [3.63, 3.8) is 0 Å². The Morgan fingerprint density at radius 1 is 1.34 bits per heavy atom. The zero-order chi connectivity index (χ0) is 21.1. The van der Waals surface area contributed by atoms with Crippen LogP contribution in [0.15, 0.2) is 29.2 Å². The fourth-order valence-corrected chi connectivity index (χ4v) is 3.74. The molecule has 2 heterocycles. The van der Waals surface area contributed by atoms with E-state index in [4.69, 9.17) is 4.74 Å². The molecular formula is C23H25NO5. The average Bonchev–Trinajstić information content (AvgIpc) is 2.69. The van der Waals surface area contributed by atoms with Gasteiger partial charge in [-0.3, -0.25) is 4.79 Å². The SMILES string of the molecule is COCCC#Cc1cc2c(cc1CO)-c1cc(=O)c(C(=O)O)cn1[C@H](C(C)C)C2. The Morgan fingerprint density at radius 3 is 2.72 bits per heavy atom. The largest absolute Gasteiger partial charge is 0.477 e. The number of rotatable bonds is 5. The number of pyridine rings is 1. The van der Waals surface area contributed by atoms with Crippen LogP contribution in [0, 0.1) is 17.8 Å². The Hall–Kier alpha value is -2.88. The number of aliphatic hydroxyl groups is 1. The minimum absolute atomic E-state index is 0.0190. The van der Waals surface area contributed by atoms with Gasteiger partial charge in [0.2, 0.25) is 0 Å². The molecule has 2 N–H and O–H groups in total. The molecule has 0 spiro atoms. The third-order valence-electron chi connectivity index (χ3n) is 5.30. The van der Waals surface area contributed by atoms with E-state index in [9.17, 15) is 19.8 Å². The summed E-state index contributed by atoms with van der Waals surface area (Å²) in [6, 6.07) is 5.25. The summed E-state index contributed by atoms with van der Waals surface area (Å²) in [6.07, 6.45) is 2.74. The molecular weight excluding hydrogens is 370 g/mol. The van der Waals surface area contributed by atoms with Gasteiger partial charge in [-0.25, -0.2) is 4.79 Å². The van der Waals surface area contributed by atoms with E-state index in [1.165, 1.54) is 12.3 Å². The first kappa shape index (κ1) is 20.8. The zero-order valence-corrected chi connectivity index (χ0v) is 16.9. The minimum Gasteiger partial charge on any atom is -0.477 e. The molecule has 1 aromatic heterocycles. The summed E-state index contributed by atoms with van der Waals surface area (Å²) in [5, 5.41) is 19.2. The molecule has 152 valence electrons. The van der Waals surface area contributed by atoms with Gasteiger partial charge in [-0.15, -0.1) is 0 Å². The molecule has 2 aromatic rings. The van der Waals surface area contributed by atoms with Gasteiger partial charge >= 0.3 is 5.97 Å². The second-order valence-electron chi connectivity index (χ2n) is 7.53. The normalized spacial score (nSPS) is 14.7. The van der Waals surface area contributed by atoms with Gasteiger partial charge < -0.3 is 19.5 Å². The number of ether oxygens (including phenoxy) is 1. The Morgan fingerprint density at radius 2 is 2.10 bits per heavy atom. The first-order chi connectivity index (χ1) is 13.9. The van der Waals surface area contributed by atoms with Crippen LogP contribution in [0.3, 0.4) is 0 Å². The lowest BCUT2D eigenvalue weighted by molar-refractivity contribution is 0.0694. The van der Waals surface area contributed by atoms with E-state index in [2.05, 4.69) is 25.7 Å². The highest BCUT2D eigenvalue weighted by atomic mass is 16.5. The number of nitrogens with zero attached hydrogens (tertiary/aromatic N) is 1. The van der Waals surface area contributed by atoms with Gasteiger partial charge in [0.25, 0.3) is 0 Å². The first-order valence-corrected chi connectivity index (χ1v) is 9.61. The number of carbonyl (C=O) groups is 1. The van der Waals surface area contributed by atoms with Crippen molar-refractivity contribution in [2.45, 2.75) is 39.3 Å². The molecule has 0 fully saturated rings. The molecule has 0 saturated carbocycles. The van der Waals surface area contributed by atoms with E-state index in [1.54, 1.807) is 7.11 Å². The van der Waals surface area contributed by atoms with Crippen molar-refractivity contribution >= 4 is 5.97 Å². The number of methoxy groups -OCH3 is 1. The molecule has 0 aliphatic carbocycles. The highest BCUT2D eigenvalue weighted by molar-refractivity contribution is 5.87. The van der Waals surface area contributed by atoms with Crippen molar-refractivity contribution in [2.24, 2.45) is 5.92 Å². The fourth-order valence-electron chi connectivity index (χ4n) is 3.74. The van der Waals surface area contributed by atoms with Crippen molar-refractivity contribution in [3.8, 4) is 23.1 Å². The summed E-state index contributed by atoms with van der Waals surface area (Å²) in [5.41, 5.74) is 3.25. The number of carboxylic acid groups (broad SMARTS) is 1. The molecule has 0 amide bonds. The van der Waals surface area contributed by atoms with Crippen LogP contribution in [-0.4, -0.2) is 34.5 Å². The van der Waals surface area contributed by atoms with Gasteiger partial charge in [0.05, 0.1) is 18.9 Å². The van der Waals surface area contributed by atoms with Crippen molar-refractivity contribution in [1.29, 1.82) is 0 Å². The van der Waals surface area contributed by atoms with Gasteiger partial charge in [0.15, 0.2) is 5.43 Å². The number of hydrogen-bond donors (Lipinski definition) is 2. The van der Waals surface area contributed by atoms with Crippen LogP contribution in [0.4, 0.5) is 0 Å². The number of benzene rings is 1. The summed E-state index contributed by atoms with van der Waals surface area (Å²) in [5.74, 6) is 5.19. The lowest BCUT2D eigenvalue weighted by Gasteiger charge is -2.33. The number of hydrogen-bond acceptors (Lipinski definition) is 4. The number of aromatic nitrogens is 1. The molecule has 0 unspecified atom stereocenters. The lowest BCUT2D eigenvalue weighted by Crippen LogP contribution is -2.28. The Bertz CT molecular complexity index is 1060. The van der Waals surface area contributed by atoms with E-state index < -0.39 is 11.4 Å². The van der Waals surface area contributed by atoms with Crippen molar-refractivity contribution in [2.75, 3.05) is 13.7 Å². The standard InChI is InChI=1S/C23H25NO5/c1-14(2)20-10-16-8-15(6-4-5-7-29-3)17(13-25)9-18(16)21-11-22(26)19(23(27)28)12-24(20)21/h8-9,11-12,14,20,25H,5,7,10,13H2,1-3H3,(H,27,28)/t20-/m0/s1. The second kappa shape index (κ2) is 8.64. The quantitative estimate of drug-likeness (QED) is 0.600. The van der Waals surface area contributed by atoms with Crippen LogP contribution < -0.4 is 5.43 Å². The number of aromatic carboxylic acids is 1. The number of fused-ring (bicyclic) bond motifs is 3. The molecule has 1 aliphatic heterocycles. The highest BCUT2D eigenvalue weighted by Gasteiger charge is 2.28. The monoisotopic (exact) mass is 395 g/mol. The van der Waals surface area contributed by atoms with Gasteiger partial charge in [-0.1, -0.05) is 25.7 Å². The predicted octanol–water partition coefficient (Wildman–Crippen LogP) is 2.85. The van der Waals surface area contributed by atoms with Crippen LogP contribution >= 0.6 is 0 Å². The molecule has 1 aromatic carbocycles. The number of carboxylic acids is 1. The van der Waals surface area contributed by atoms with Crippen LogP contribution in [0.5, 0.6) is 0 Å². The third kappa shape index (κ3) is 4.12. The summed E-state index contributed by atoms with van der Waals surface area (Å²) in [4.78, 5) is 23.8. The van der Waals surface area contributed by atoms with Crippen LogP contribution in [0.2, 0.25) is 0 Å². The highest BCUT2D eigenvalue weighted by Crippen LogP contribution is 2.38. The summed E-state index contributed by atoms with van der Waals surface area (Å²) < 4.78 is 6.91. The summed E-state index contributed by atoms with van der Waals surface area (Å²) in [6.45, 7) is 4.52. The Balaban J connectivity index is 2.19. The smallest absolute Gasteiger partial charge is 0.341 e. The van der Waals surface area contributed by atoms with Crippen LogP contribution in [0.1, 0.15) is 53.4 Å². The van der Waals surface area contributed by atoms with Gasteiger partial charge in [-0.2, -0.15) is 0 Å². The van der Waals surface area contributed by atoms with Crippen LogP contribution in [0.25, 0.3) is 11.3 Å². The maximum absolute atomic E-state index is 12.4. The van der Waals surface area contributed by atoms with Crippen molar-refractivity contribution in [3.05, 3.63) is 56.9 Å². The van der Waals surface area contributed by atoms with Crippen molar-refractivity contribution in [1.82, 2.24) is 4.57 Å². The molecule has 0 radical (unpaired) electrons. The molecule has 6 heteroatoms. The molecule has 29 heavy (non-hydrogen) atoms. The van der Waals surface area contributed by atoms with Gasteiger partial charge in [-0.05, 0) is 35.6 Å². The molecule has 0 bridgehead atoms. The van der Waals surface area contributed by atoms with E-state index in [-0.39, 0.29) is 24.1 Å². The van der Waals surface area contributed by atoms with Gasteiger partial charge in [0, 0.05) is 43.0 Å². The van der Waals surface area contributed by atoms with E-state index in [1.807, 2.05) is 16.7 Å². The maximum Gasteiger partial charge on any atom is 0.341 e. The first-order valence-electron chi connectivity index (χ1n) is 9.61. The zero-order valence-electron chi connectivity index (χ0n) is 16.9. The Labute approximate surface area is 169 Å². The third-order valence-corrected chi connectivity index (χ3v) is 5.30. The fraction of sp³-hybridized carbons (Fsp3) is 0.391.